The fourth-order valence-electron chi connectivity index (χ4n) is 2.51. The Balaban J connectivity index is 1.51. The van der Waals surface area contributed by atoms with Gasteiger partial charge in [-0.25, -0.2) is 9.37 Å². The van der Waals surface area contributed by atoms with E-state index in [0.717, 1.165) is 39.3 Å². The number of halogens is 1. The molecule has 1 saturated heterocycles. The van der Waals surface area contributed by atoms with Gasteiger partial charge in [0.25, 0.3) is 0 Å². The quantitative estimate of drug-likeness (QED) is 0.841. The van der Waals surface area contributed by atoms with Crippen molar-refractivity contribution in [1.29, 1.82) is 0 Å². The first kappa shape index (κ1) is 13.1. The van der Waals surface area contributed by atoms with Gasteiger partial charge in [0, 0.05) is 32.7 Å². The second kappa shape index (κ2) is 6.00. The highest BCUT2D eigenvalue weighted by molar-refractivity contribution is 5.47. The van der Waals surface area contributed by atoms with Gasteiger partial charge in [-0.05, 0) is 12.1 Å². The minimum atomic E-state index is -0.136. The minimum absolute atomic E-state index is 0.136. The van der Waals surface area contributed by atoms with Gasteiger partial charge in [-0.3, -0.25) is 9.58 Å². The van der Waals surface area contributed by atoms with Crippen LogP contribution in [0.3, 0.4) is 0 Å². The molecule has 0 N–H and O–H groups in total. The first-order valence-electron chi connectivity index (χ1n) is 6.87. The molecule has 0 unspecified atom stereocenters. The van der Waals surface area contributed by atoms with Gasteiger partial charge in [0.2, 0.25) is 0 Å². The van der Waals surface area contributed by atoms with Crippen LogP contribution < -0.4 is 4.90 Å². The Hall–Kier alpha value is -1.95. The number of nitrogens with zero attached hydrogens (tertiary/aromatic N) is 5. The van der Waals surface area contributed by atoms with Crippen LogP contribution in [0.5, 0.6) is 0 Å². The average Bonchev–Trinajstić information content (AvgIpc) is 3.00. The SMILES string of the molecule is Fc1ccccc1N1CCN(CCn2cncn2)CC1. The second-order valence-electron chi connectivity index (χ2n) is 4.94. The summed E-state index contributed by atoms with van der Waals surface area (Å²) in [5, 5.41) is 4.09. The van der Waals surface area contributed by atoms with Crippen LogP contribution in [0.2, 0.25) is 0 Å². The molecule has 0 bridgehead atoms. The van der Waals surface area contributed by atoms with Gasteiger partial charge in [0.05, 0.1) is 12.2 Å². The maximum atomic E-state index is 13.7. The van der Waals surface area contributed by atoms with Crippen molar-refractivity contribution < 1.29 is 4.39 Å². The Bertz CT molecular complexity index is 534. The Morgan fingerprint density at radius 3 is 2.55 bits per heavy atom. The fourth-order valence-corrected chi connectivity index (χ4v) is 2.51. The maximum absolute atomic E-state index is 13.7. The van der Waals surface area contributed by atoms with Crippen molar-refractivity contribution in [2.75, 3.05) is 37.6 Å². The summed E-state index contributed by atoms with van der Waals surface area (Å²) >= 11 is 0. The molecule has 20 heavy (non-hydrogen) atoms. The summed E-state index contributed by atoms with van der Waals surface area (Å²) in [6.45, 7) is 5.41. The van der Waals surface area contributed by atoms with Crippen LogP contribution in [0.1, 0.15) is 0 Å². The number of para-hydroxylation sites is 1. The summed E-state index contributed by atoms with van der Waals surface area (Å²) in [6, 6.07) is 6.98. The molecule has 0 amide bonds. The zero-order chi connectivity index (χ0) is 13.8. The summed E-state index contributed by atoms with van der Waals surface area (Å²) in [4.78, 5) is 8.42. The standard InChI is InChI=1S/C14H18FN5/c15-13-3-1-2-4-14(13)19-8-5-18(6-9-19)7-10-20-12-16-11-17-20/h1-4,11-12H,5-10H2. The topological polar surface area (TPSA) is 37.2 Å². The van der Waals surface area contributed by atoms with Crippen molar-refractivity contribution in [3.05, 3.63) is 42.7 Å². The third-order valence-electron chi connectivity index (χ3n) is 3.68. The Morgan fingerprint density at radius 2 is 1.85 bits per heavy atom. The van der Waals surface area contributed by atoms with Gasteiger partial charge in [0.1, 0.15) is 18.5 Å². The van der Waals surface area contributed by atoms with Crippen LogP contribution >= 0.6 is 0 Å². The molecule has 6 heteroatoms. The van der Waals surface area contributed by atoms with Gasteiger partial charge in [-0.2, -0.15) is 5.10 Å². The third kappa shape index (κ3) is 2.96. The summed E-state index contributed by atoms with van der Waals surface area (Å²) in [5.74, 6) is -0.136. The smallest absolute Gasteiger partial charge is 0.146 e. The van der Waals surface area contributed by atoms with Gasteiger partial charge < -0.3 is 4.90 Å². The molecular weight excluding hydrogens is 257 g/mol. The molecule has 106 valence electrons. The number of anilines is 1. The van der Waals surface area contributed by atoms with Crippen LogP contribution in [-0.4, -0.2) is 52.4 Å². The van der Waals surface area contributed by atoms with Crippen molar-refractivity contribution in [3.8, 4) is 0 Å². The highest BCUT2D eigenvalue weighted by Gasteiger charge is 2.18. The van der Waals surface area contributed by atoms with E-state index in [4.69, 9.17) is 0 Å². The molecule has 1 aliphatic rings. The molecule has 5 nitrogen and oxygen atoms in total. The average molecular weight is 275 g/mol. The van der Waals surface area contributed by atoms with E-state index in [0.29, 0.717) is 5.69 Å². The van der Waals surface area contributed by atoms with Gasteiger partial charge in [-0.1, -0.05) is 12.1 Å². The highest BCUT2D eigenvalue weighted by Crippen LogP contribution is 2.19. The van der Waals surface area contributed by atoms with Crippen molar-refractivity contribution in [1.82, 2.24) is 19.7 Å². The maximum Gasteiger partial charge on any atom is 0.146 e. The largest absolute Gasteiger partial charge is 0.367 e. The van der Waals surface area contributed by atoms with E-state index in [-0.39, 0.29) is 5.82 Å². The third-order valence-corrected chi connectivity index (χ3v) is 3.68. The minimum Gasteiger partial charge on any atom is -0.367 e. The van der Waals surface area contributed by atoms with E-state index in [1.807, 2.05) is 16.8 Å². The highest BCUT2D eigenvalue weighted by atomic mass is 19.1. The molecule has 2 heterocycles. The first-order valence-corrected chi connectivity index (χ1v) is 6.87. The van der Waals surface area contributed by atoms with Crippen molar-refractivity contribution in [2.24, 2.45) is 0 Å². The number of aromatic nitrogens is 3. The van der Waals surface area contributed by atoms with Gasteiger partial charge >= 0.3 is 0 Å². The van der Waals surface area contributed by atoms with Gasteiger partial charge in [-0.15, -0.1) is 0 Å². The molecule has 0 aliphatic carbocycles. The van der Waals surface area contributed by atoms with E-state index in [1.165, 1.54) is 6.07 Å². The fraction of sp³-hybridized carbons (Fsp3) is 0.429. The van der Waals surface area contributed by atoms with Crippen molar-refractivity contribution in [3.63, 3.8) is 0 Å². The molecule has 1 aromatic carbocycles. The molecule has 0 atom stereocenters. The van der Waals surface area contributed by atoms with Crippen LogP contribution in [0.25, 0.3) is 0 Å². The number of hydrogen-bond donors (Lipinski definition) is 0. The first-order chi connectivity index (χ1) is 9.83. The molecule has 2 aromatic rings. The molecular formula is C14H18FN5. The molecule has 0 saturated carbocycles. The predicted octanol–water partition coefficient (Wildman–Crippen LogP) is 1.24. The van der Waals surface area contributed by atoms with E-state index < -0.39 is 0 Å². The lowest BCUT2D eigenvalue weighted by Gasteiger charge is -2.36. The van der Waals surface area contributed by atoms with Crippen LogP contribution in [-0.2, 0) is 6.54 Å². The number of benzene rings is 1. The summed E-state index contributed by atoms with van der Waals surface area (Å²) in [7, 11) is 0. The monoisotopic (exact) mass is 275 g/mol. The molecule has 1 aromatic heterocycles. The second-order valence-corrected chi connectivity index (χ2v) is 4.94. The van der Waals surface area contributed by atoms with Gasteiger partial charge in [0.15, 0.2) is 0 Å². The van der Waals surface area contributed by atoms with E-state index in [1.54, 1.807) is 18.7 Å². The lowest BCUT2D eigenvalue weighted by atomic mass is 10.2. The van der Waals surface area contributed by atoms with Crippen LogP contribution in [0.4, 0.5) is 10.1 Å². The summed E-state index contributed by atoms with van der Waals surface area (Å²) in [6.07, 6.45) is 3.28. The molecule has 0 spiro atoms. The zero-order valence-electron chi connectivity index (χ0n) is 11.3. The van der Waals surface area contributed by atoms with Crippen molar-refractivity contribution in [2.45, 2.75) is 6.54 Å². The van der Waals surface area contributed by atoms with Crippen LogP contribution in [0.15, 0.2) is 36.9 Å². The number of hydrogen-bond acceptors (Lipinski definition) is 4. The normalized spacial score (nSPS) is 16.6. The zero-order valence-corrected chi connectivity index (χ0v) is 11.3. The lowest BCUT2D eigenvalue weighted by molar-refractivity contribution is 0.244. The lowest BCUT2D eigenvalue weighted by Crippen LogP contribution is -2.47. The van der Waals surface area contributed by atoms with E-state index in [9.17, 15) is 4.39 Å². The summed E-state index contributed by atoms with van der Waals surface area (Å²) < 4.78 is 15.6. The molecule has 3 rings (SSSR count). The molecule has 0 radical (unpaired) electrons. The Labute approximate surface area is 117 Å². The van der Waals surface area contributed by atoms with Crippen molar-refractivity contribution >= 4 is 5.69 Å². The Kier molecular flexibility index (Phi) is 3.92. The van der Waals surface area contributed by atoms with E-state index in [2.05, 4.69) is 19.9 Å². The Morgan fingerprint density at radius 1 is 1.05 bits per heavy atom. The van der Waals surface area contributed by atoms with Crippen LogP contribution in [0, 0.1) is 5.82 Å². The number of piperazine rings is 1. The number of rotatable bonds is 4. The summed E-state index contributed by atoms with van der Waals surface area (Å²) in [5.41, 5.74) is 0.712. The molecule has 1 fully saturated rings. The molecule has 1 aliphatic heterocycles. The van der Waals surface area contributed by atoms with E-state index >= 15 is 0 Å². The predicted molar refractivity (Wildman–Crippen MR) is 75.1 cm³/mol.